The molecule has 540 valence electrons. The molecule has 0 amide bonds. The van der Waals surface area contributed by atoms with Crippen LogP contribution in [0.3, 0.4) is 0 Å². The number of phosphoric ester groups is 2. The molecule has 0 bridgehead atoms. The third kappa shape index (κ3) is 65.1. The van der Waals surface area contributed by atoms with Gasteiger partial charge in [0.1, 0.15) is 19.3 Å². The fourth-order valence-corrected chi connectivity index (χ4v) is 12.5. The van der Waals surface area contributed by atoms with Crippen molar-refractivity contribution in [2.24, 2.45) is 11.8 Å². The second kappa shape index (κ2) is 64.1. The third-order valence-electron chi connectivity index (χ3n) is 17.1. The number of aliphatic hydroxyl groups excluding tert-OH is 1. The highest BCUT2D eigenvalue weighted by molar-refractivity contribution is 7.47. The number of hydrogen-bond donors (Lipinski definition) is 3. The van der Waals surface area contributed by atoms with Gasteiger partial charge in [0.2, 0.25) is 0 Å². The summed E-state index contributed by atoms with van der Waals surface area (Å²) in [6.07, 6.45) is 50.0. The topological polar surface area (TPSA) is 237 Å². The van der Waals surface area contributed by atoms with Crippen LogP contribution in [-0.4, -0.2) is 96.7 Å². The van der Waals surface area contributed by atoms with Gasteiger partial charge in [0.05, 0.1) is 26.4 Å². The molecule has 91 heavy (non-hydrogen) atoms. The first kappa shape index (κ1) is 89.1. The zero-order valence-corrected chi connectivity index (χ0v) is 60.9. The van der Waals surface area contributed by atoms with Gasteiger partial charge in [0.15, 0.2) is 12.2 Å². The molecule has 0 radical (unpaired) electrons. The van der Waals surface area contributed by atoms with Crippen molar-refractivity contribution in [1.29, 1.82) is 0 Å². The van der Waals surface area contributed by atoms with Gasteiger partial charge in [-0.15, -0.1) is 0 Å². The number of phosphoric acid groups is 2. The minimum atomic E-state index is -4.95. The van der Waals surface area contributed by atoms with Crippen molar-refractivity contribution < 1.29 is 80.2 Å². The minimum absolute atomic E-state index is 0.104. The Balaban J connectivity index is 5.22. The van der Waals surface area contributed by atoms with Crippen LogP contribution in [0.25, 0.3) is 0 Å². The van der Waals surface area contributed by atoms with Gasteiger partial charge in [-0.3, -0.25) is 37.3 Å². The van der Waals surface area contributed by atoms with Gasteiger partial charge < -0.3 is 33.8 Å². The molecular weight excluding hydrogens is 1200 g/mol. The lowest BCUT2D eigenvalue weighted by molar-refractivity contribution is -0.161. The Kier molecular flexibility index (Phi) is 62.7. The summed E-state index contributed by atoms with van der Waals surface area (Å²) in [7, 11) is -9.90. The Hall–Kier alpha value is -1.94. The van der Waals surface area contributed by atoms with Gasteiger partial charge in [0, 0.05) is 25.7 Å². The smallest absolute Gasteiger partial charge is 0.462 e. The van der Waals surface area contributed by atoms with Gasteiger partial charge in [0.25, 0.3) is 0 Å². The van der Waals surface area contributed by atoms with Crippen molar-refractivity contribution in [3.63, 3.8) is 0 Å². The number of ether oxygens (including phenoxy) is 4. The lowest BCUT2D eigenvalue weighted by Crippen LogP contribution is -2.30. The monoisotopic (exact) mass is 1340 g/mol. The third-order valence-corrected chi connectivity index (χ3v) is 19.0. The highest BCUT2D eigenvalue weighted by Gasteiger charge is 2.30. The Morgan fingerprint density at radius 3 is 0.835 bits per heavy atom. The van der Waals surface area contributed by atoms with Crippen molar-refractivity contribution in [2.45, 2.75) is 387 Å². The van der Waals surface area contributed by atoms with Gasteiger partial charge in [-0.05, 0) is 37.5 Å². The molecule has 19 heteroatoms. The summed E-state index contributed by atoms with van der Waals surface area (Å²) >= 11 is 0. The van der Waals surface area contributed by atoms with Crippen molar-refractivity contribution in [3.8, 4) is 0 Å². The van der Waals surface area contributed by atoms with Gasteiger partial charge in [-0.2, -0.15) is 0 Å². The molecule has 0 aliphatic carbocycles. The molecule has 17 nitrogen and oxygen atoms in total. The van der Waals surface area contributed by atoms with Crippen molar-refractivity contribution in [1.82, 2.24) is 0 Å². The number of carbonyl (C=O) groups is 4. The predicted molar refractivity (Wildman–Crippen MR) is 368 cm³/mol. The zero-order valence-electron chi connectivity index (χ0n) is 59.1. The molecule has 0 aromatic carbocycles. The normalized spacial score (nSPS) is 14.4. The molecule has 0 aromatic rings. The van der Waals surface area contributed by atoms with E-state index in [9.17, 15) is 43.2 Å². The number of carbonyl (C=O) groups excluding carboxylic acids is 4. The van der Waals surface area contributed by atoms with E-state index in [1.807, 2.05) is 0 Å². The van der Waals surface area contributed by atoms with E-state index in [0.717, 1.165) is 95.8 Å². The SMILES string of the molecule is CCCCCCCCCCCCCCCCC(=O)OC[C@H](COP(=O)(O)OC[C@@H](O)COP(=O)(O)OC[C@@H](COC(=O)CCCCCCCCCCC)OC(=O)CCCCCCCCCC(C)C)OC(=O)CCCCCCCCCCCCCCCCC(C)CC. The molecular formula is C72H140O17P2. The Bertz CT molecular complexity index is 1770. The van der Waals surface area contributed by atoms with E-state index in [1.165, 1.54) is 186 Å². The first-order valence-corrected chi connectivity index (χ1v) is 40.5. The summed E-state index contributed by atoms with van der Waals surface area (Å²) in [6.45, 7) is 9.54. The van der Waals surface area contributed by atoms with Crippen molar-refractivity contribution >= 4 is 39.5 Å². The molecule has 0 saturated carbocycles. The fourth-order valence-electron chi connectivity index (χ4n) is 10.9. The Morgan fingerprint density at radius 1 is 0.319 bits per heavy atom. The van der Waals surface area contributed by atoms with Gasteiger partial charge >= 0.3 is 39.5 Å². The molecule has 0 fully saturated rings. The van der Waals surface area contributed by atoms with Crippen LogP contribution in [0.4, 0.5) is 0 Å². The van der Waals surface area contributed by atoms with Crippen LogP contribution in [0.5, 0.6) is 0 Å². The van der Waals surface area contributed by atoms with E-state index in [2.05, 4.69) is 41.5 Å². The van der Waals surface area contributed by atoms with Crippen molar-refractivity contribution in [2.75, 3.05) is 39.6 Å². The quantitative estimate of drug-likeness (QED) is 0.0222. The van der Waals surface area contributed by atoms with E-state index < -0.39 is 97.5 Å². The first-order chi connectivity index (χ1) is 43.9. The second-order valence-corrected chi connectivity index (χ2v) is 29.6. The Morgan fingerprint density at radius 2 is 0.560 bits per heavy atom. The zero-order chi connectivity index (χ0) is 67.2. The van der Waals surface area contributed by atoms with Crippen LogP contribution in [0.2, 0.25) is 0 Å². The van der Waals surface area contributed by atoms with Crippen molar-refractivity contribution in [3.05, 3.63) is 0 Å². The summed E-state index contributed by atoms with van der Waals surface area (Å²) < 4.78 is 68.3. The molecule has 0 rings (SSSR count). The number of unbranched alkanes of at least 4 members (excludes halogenated alkanes) is 40. The van der Waals surface area contributed by atoms with Crippen LogP contribution in [0, 0.1) is 11.8 Å². The van der Waals surface area contributed by atoms with Crippen LogP contribution in [-0.2, 0) is 65.4 Å². The molecule has 0 spiro atoms. The number of hydrogen-bond acceptors (Lipinski definition) is 15. The van der Waals surface area contributed by atoms with E-state index in [-0.39, 0.29) is 25.7 Å². The van der Waals surface area contributed by atoms with Gasteiger partial charge in [-0.1, -0.05) is 318 Å². The predicted octanol–water partition coefficient (Wildman–Crippen LogP) is 20.8. The average molecular weight is 1340 g/mol. The van der Waals surface area contributed by atoms with E-state index in [4.69, 9.17) is 37.0 Å². The van der Waals surface area contributed by atoms with Crippen LogP contribution in [0.1, 0.15) is 369 Å². The molecule has 6 atom stereocenters. The highest BCUT2D eigenvalue weighted by Crippen LogP contribution is 2.45. The molecule has 0 heterocycles. The summed E-state index contributed by atoms with van der Waals surface area (Å²) in [5, 5.41) is 10.6. The average Bonchev–Trinajstić information content (AvgIpc) is 2.88. The maximum absolute atomic E-state index is 13.0. The standard InChI is InChI=1S/C72H140O17P2/c1-7-10-12-14-16-18-19-20-24-27-31-37-43-49-55-70(75)83-60-67(88-71(76)56-50-44-38-32-28-25-22-21-23-26-30-35-41-47-53-65(6)9-3)62-86-90(78,79)84-58-66(73)59-85-91(80,81)87-63-68(61-82-69(74)54-48-42-36-29-17-15-13-11-8-2)89-72(77)57-51-45-39-33-34-40-46-52-64(4)5/h64-68,73H,7-63H2,1-6H3,(H,78,79)(H,80,81)/t65?,66-,67-,68-/m1/s1. The summed E-state index contributed by atoms with van der Waals surface area (Å²) in [5.74, 6) is -0.582. The van der Waals surface area contributed by atoms with Crippen LogP contribution in [0.15, 0.2) is 0 Å². The maximum Gasteiger partial charge on any atom is 0.472 e. The molecule has 0 aliphatic heterocycles. The van der Waals surface area contributed by atoms with Crippen LogP contribution >= 0.6 is 15.6 Å². The van der Waals surface area contributed by atoms with E-state index >= 15 is 0 Å². The first-order valence-electron chi connectivity index (χ1n) is 37.5. The Labute approximate surface area is 556 Å². The summed E-state index contributed by atoms with van der Waals surface area (Å²) in [5.41, 5.74) is 0. The minimum Gasteiger partial charge on any atom is -0.462 e. The maximum atomic E-state index is 13.0. The summed E-state index contributed by atoms with van der Waals surface area (Å²) in [4.78, 5) is 72.5. The van der Waals surface area contributed by atoms with Gasteiger partial charge in [-0.25, -0.2) is 9.13 Å². The highest BCUT2D eigenvalue weighted by atomic mass is 31.2. The largest absolute Gasteiger partial charge is 0.472 e. The number of aliphatic hydroxyl groups is 1. The van der Waals surface area contributed by atoms with Crippen LogP contribution < -0.4 is 0 Å². The lowest BCUT2D eigenvalue weighted by atomic mass is 9.99. The second-order valence-electron chi connectivity index (χ2n) is 26.7. The molecule has 0 aliphatic rings. The number of esters is 4. The van der Waals surface area contributed by atoms with E-state index in [1.54, 1.807) is 0 Å². The fraction of sp³-hybridized carbons (Fsp3) is 0.944. The summed E-state index contributed by atoms with van der Waals surface area (Å²) in [6, 6.07) is 0. The lowest BCUT2D eigenvalue weighted by Gasteiger charge is -2.21. The number of rotatable bonds is 71. The van der Waals surface area contributed by atoms with E-state index in [0.29, 0.717) is 31.6 Å². The molecule has 3 N–H and O–H groups in total. The molecule has 0 saturated heterocycles. The molecule has 3 unspecified atom stereocenters. The molecule has 0 aromatic heterocycles.